The lowest BCUT2D eigenvalue weighted by Crippen LogP contribution is -2.41. The second kappa shape index (κ2) is 5.13. The number of benzene rings is 1. The Balaban J connectivity index is 2.64. The minimum Gasteiger partial charge on any atom is -0.481 e. The van der Waals surface area contributed by atoms with Crippen molar-refractivity contribution in [2.75, 3.05) is 0 Å². The zero-order valence-corrected chi connectivity index (χ0v) is 11.5. The van der Waals surface area contributed by atoms with Crippen LogP contribution in [0.3, 0.4) is 0 Å². The van der Waals surface area contributed by atoms with Gasteiger partial charge in [-0.05, 0) is 24.6 Å². The smallest absolute Gasteiger partial charge is 0.332 e. The van der Waals surface area contributed by atoms with Gasteiger partial charge in [0.15, 0.2) is 0 Å². The van der Waals surface area contributed by atoms with Crippen molar-refractivity contribution < 1.29 is 19.8 Å². The molecule has 0 bridgehead atoms. The minimum atomic E-state index is -1.14. The average Bonchev–Trinajstić information content (AvgIpc) is 2.38. The first-order chi connectivity index (χ1) is 9.37. The highest BCUT2D eigenvalue weighted by molar-refractivity contribution is 6.30. The number of aliphatic carboxylic acids is 2. The first-order valence-electron chi connectivity index (χ1n) is 5.98. The molecule has 0 aromatic heterocycles. The van der Waals surface area contributed by atoms with E-state index in [9.17, 15) is 19.8 Å². The van der Waals surface area contributed by atoms with E-state index in [4.69, 9.17) is 11.6 Å². The zero-order valence-electron chi connectivity index (χ0n) is 10.7. The lowest BCUT2D eigenvalue weighted by atomic mass is 9.64. The Labute approximate surface area is 121 Å². The maximum atomic E-state index is 11.5. The second-order valence-electron chi connectivity index (χ2n) is 4.80. The van der Waals surface area contributed by atoms with Crippen LogP contribution in [0.2, 0.25) is 5.02 Å². The Morgan fingerprint density at radius 3 is 2.30 bits per heavy atom. The highest BCUT2D eigenvalue weighted by Crippen LogP contribution is 2.42. The van der Waals surface area contributed by atoms with E-state index in [1.165, 1.54) is 18.2 Å². The molecule has 0 saturated carbocycles. The van der Waals surface area contributed by atoms with Gasteiger partial charge in [-0.1, -0.05) is 42.0 Å². The number of hydrogen-bond acceptors (Lipinski definition) is 2. The largest absolute Gasteiger partial charge is 0.481 e. The van der Waals surface area contributed by atoms with E-state index in [0.717, 1.165) is 0 Å². The number of carboxylic acids is 2. The quantitative estimate of drug-likeness (QED) is 0.898. The van der Waals surface area contributed by atoms with Gasteiger partial charge in [0.2, 0.25) is 0 Å². The molecule has 0 fully saturated rings. The molecule has 1 aliphatic carbocycles. The van der Waals surface area contributed by atoms with Crippen LogP contribution in [-0.4, -0.2) is 22.2 Å². The maximum absolute atomic E-state index is 11.5. The Kier molecular flexibility index (Phi) is 3.68. The summed E-state index contributed by atoms with van der Waals surface area (Å²) >= 11 is 5.83. The van der Waals surface area contributed by atoms with Gasteiger partial charge in [0, 0.05) is 16.0 Å². The van der Waals surface area contributed by atoms with Gasteiger partial charge in [-0.3, -0.25) is 4.79 Å². The van der Waals surface area contributed by atoms with Crippen LogP contribution in [0.1, 0.15) is 12.5 Å². The summed E-state index contributed by atoms with van der Waals surface area (Å²) in [6.45, 7) is 1.62. The van der Waals surface area contributed by atoms with Gasteiger partial charge < -0.3 is 10.2 Å². The fourth-order valence-corrected chi connectivity index (χ4v) is 2.68. The fraction of sp³-hybridized carbons (Fsp3) is 0.200. The molecule has 2 atom stereocenters. The Morgan fingerprint density at radius 1 is 1.20 bits per heavy atom. The van der Waals surface area contributed by atoms with E-state index < -0.39 is 23.3 Å². The molecule has 2 unspecified atom stereocenters. The number of carboxylic acid groups (broad SMARTS) is 2. The molecule has 0 amide bonds. The fourth-order valence-electron chi connectivity index (χ4n) is 2.55. The van der Waals surface area contributed by atoms with Gasteiger partial charge >= 0.3 is 11.9 Å². The normalized spacial score (nSPS) is 25.1. The molecule has 0 heterocycles. The molecular weight excluding hydrogens is 280 g/mol. The third kappa shape index (κ3) is 2.23. The summed E-state index contributed by atoms with van der Waals surface area (Å²) < 4.78 is 0. The van der Waals surface area contributed by atoms with Crippen molar-refractivity contribution in [3.05, 3.63) is 58.7 Å². The van der Waals surface area contributed by atoms with Crippen LogP contribution >= 0.6 is 11.6 Å². The second-order valence-corrected chi connectivity index (χ2v) is 5.23. The van der Waals surface area contributed by atoms with Crippen LogP contribution in [0.5, 0.6) is 0 Å². The lowest BCUT2D eigenvalue weighted by molar-refractivity contribution is -0.142. The van der Waals surface area contributed by atoms with Crippen molar-refractivity contribution >= 4 is 23.5 Å². The van der Waals surface area contributed by atoms with Crippen molar-refractivity contribution in [2.45, 2.75) is 12.3 Å². The first-order valence-corrected chi connectivity index (χ1v) is 6.36. The van der Waals surface area contributed by atoms with Crippen LogP contribution in [-0.2, 0) is 15.0 Å². The van der Waals surface area contributed by atoms with Crippen LogP contribution in [0.25, 0.3) is 0 Å². The van der Waals surface area contributed by atoms with E-state index >= 15 is 0 Å². The Bertz CT molecular complexity index is 615. The summed E-state index contributed by atoms with van der Waals surface area (Å²) in [7, 11) is 0. The van der Waals surface area contributed by atoms with Crippen molar-refractivity contribution in [2.24, 2.45) is 5.92 Å². The lowest BCUT2D eigenvalue weighted by Gasteiger charge is -2.36. The van der Waals surface area contributed by atoms with E-state index in [-0.39, 0.29) is 5.57 Å². The predicted molar refractivity (Wildman–Crippen MR) is 74.8 cm³/mol. The number of carbonyl (C=O) groups is 2. The summed E-state index contributed by atoms with van der Waals surface area (Å²) in [6, 6.07) is 6.57. The van der Waals surface area contributed by atoms with Crippen LogP contribution in [0.4, 0.5) is 0 Å². The summed E-state index contributed by atoms with van der Waals surface area (Å²) in [5, 5.41) is 19.3. The minimum absolute atomic E-state index is 0.0507. The van der Waals surface area contributed by atoms with E-state index in [1.807, 2.05) is 0 Å². The van der Waals surface area contributed by atoms with Gasteiger partial charge in [-0.15, -0.1) is 0 Å². The Morgan fingerprint density at radius 2 is 1.80 bits per heavy atom. The number of hydrogen-bond donors (Lipinski definition) is 2. The highest BCUT2D eigenvalue weighted by Gasteiger charge is 2.46. The molecule has 0 radical (unpaired) electrons. The molecule has 2 N–H and O–H groups in total. The third-order valence-electron chi connectivity index (χ3n) is 3.69. The molecule has 0 saturated heterocycles. The molecule has 20 heavy (non-hydrogen) atoms. The molecule has 4 nitrogen and oxygen atoms in total. The summed E-state index contributed by atoms with van der Waals surface area (Å²) in [6.07, 6.45) is 4.42. The molecular formula is C15H13ClO4. The van der Waals surface area contributed by atoms with Crippen molar-refractivity contribution in [3.63, 3.8) is 0 Å². The SMILES string of the molecule is CC1(c2ccc(Cl)cc2)C(C(=O)O)=CC=CC1C(=O)O. The van der Waals surface area contributed by atoms with Gasteiger partial charge in [0.05, 0.1) is 5.92 Å². The first kappa shape index (κ1) is 14.3. The van der Waals surface area contributed by atoms with E-state index in [1.54, 1.807) is 31.2 Å². The van der Waals surface area contributed by atoms with Gasteiger partial charge in [-0.2, -0.15) is 0 Å². The summed E-state index contributed by atoms with van der Waals surface area (Å²) in [5.74, 6) is -3.14. The van der Waals surface area contributed by atoms with Crippen LogP contribution in [0, 0.1) is 5.92 Å². The molecule has 1 aromatic rings. The van der Waals surface area contributed by atoms with Gasteiger partial charge in [0.25, 0.3) is 0 Å². The van der Waals surface area contributed by atoms with Crippen LogP contribution < -0.4 is 0 Å². The van der Waals surface area contributed by atoms with Gasteiger partial charge in [0.1, 0.15) is 0 Å². The van der Waals surface area contributed by atoms with E-state index in [0.29, 0.717) is 10.6 Å². The molecule has 0 aliphatic heterocycles. The van der Waals surface area contributed by atoms with Crippen LogP contribution in [0.15, 0.2) is 48.1 Å². The topological polar surface area (TPSA) is 74.6 Å². The van der Waals surface area contributed by atoms with Crippen molar-refractivity contribution in [1.82, 2.24) is 0 Å². The summed E-state index contributed by atoms with van der Waals surface area (Å²) in [5.41, 5.74) is -0.487. The zero-order chi connectivity index (χ0) is 14.9. The molecule has 104 valence electrons. The predicted octanol–water partition coefficient (Wildman–Crippen LogP) is 2.88. The van der Waals surface area contributed by atoms with Gasteiger partial charge in [-0.25, -0.2) is 4.79 Å². The van der Waals surface area contributed by atoms with E-state index in [2.05, 4.69) is 0 Å². The molecule has 5 heteroatoms. The average molecular weight is 293 g/mol. The number of halogens is 1. The molecule has 1 aliphatic rings. The maximum Gasteiger partial charge on any atom is 0.332 e. The standard InChI is InChI=1S/C15H13ClO4/c1-15(9-5-7-10(16)8-6-9)11(13(17)18)3-2-4-12(15)14(19)20/h2-8,11H,1H3,(H,17,18)(H,19,20). The molecule has 2 rings (SSSR count). The Hall–Kier alpha value is -2.07. The third-order valence-corrected chi connectivity index (χ3v) is 3.94. The molecule has 0 spiro atoms. The molecule has 1 aromatic carbocycles. The van der Waals surface area contributed by atoms with Crippen molar-refractivity contribution in [3.8, 4) is 0 Å². The number of allylic oxidation sites excluding steroid dienone is 2. The monoisotopic (exact) mass is 292 g/mol. The number of rotatable bonds is 3. The van der Waals surface area contributed by atoms with Crippen molar-refractivity contribution in [1.29, 1.82) is 0 Å². The summed E-state index contributed by atoms with van der Waals surface area (Å²) in [4.78, 5) is 22.9. The highest BCUT2D eigenvalue weighted by atomic mass is 35.5.